The molecule has 0 aliphatic heterocycles. The number of halogens is 3. The van der Waals surface area contributed by atoms with Crippen LogP contribution in [0.25, 0.3) is 0 Å². The molecule has 0 bridgehead atoms. The minimum Gasteiger partial charge on any atom is -0.491 e. The first kappa shape index (κ1) is 26.9. The number of nitrogens with one attached hydrogen (secondary N) is 2. The van der Waals surface area contributed by atoms with Crippen molar-refractivity contribution in [3.05, 3.63) is 59.2 Å². The zero-order valence-corrected chi connectivity index (χ0v) is 20.3. The van der Waals surface area contributed by atoms with Crippen LogP contribution >= 0.6 is 24.0 Å². The van der Waals surface area contributed by atoms with Gasteiger partial charge in [-0.15, -0.1) is 24.0 Å². The molecule has 0 aromatic heterocycles. The van der Waals surface area contributed by atoms with Crippen molar-refractivity contribution in [2.75, 3.05) is 26.9 Å². The van der Waals surface area contributed by atoms with Crippen LogP contribution in [0.5, 0.6) is 11.5 Å². The van der Waals surface area contributed by atoms with E-state index >= 15 is 0 Å². The number of alkyl halides is 2. The summed E-state index contributed by atoms with van der Waals surface area (Å²) in [4.78, 5) is 4.21. The Balaban J connectivity index is 0.00000480. The number of aryl methyl sites for hydroxylation is 1. The molecule has 9 heteroatoms. The predicted octanol–water partition coefficient (Wildman–Crippen LogP) is 4.49. The second kappa shape index (κ2) is 14.8. The van der Waals surface area contributed by atoms with Gasteiger partial charge in [-0.2, -0.15) is 8.78 Å². The van der Waals surface area contributed by atoms with Crippen molar-refractivity contribution in [1.82, 2.24) is 10.6 Å². The Hall–Kier alpha value is -2.14. The first-order chi connectivity index (χ1) is 14.5. The molecule has 31 heavy (non-hydrogen) atoms. The van der Waals surface area contributed by atoms with E-state index in [-0.39, 0.29) is 29.7 Å². The Morgan fingerprint density at radius 2 is 1.84 bits per heavy atom. The van der Waals surface area contributed by atoms with Crippen LogP contribution in [-0.2, 0) is 17.8 Å². The van der Waals surface area contributed by atoms with Gasteiger partial charge in [-0.3, -0.25) is 4.99 Å². The number of benzene rings is 2. The third-order valence-corrected chi connectivity index (χ3v) is 4.17. The molecule has 0 aliphatic carbocycles. The van der Waals surface area contributed by atoms with Crippen LogP contribution in [0.15, 0.2) is 47.5 Å². The zero-order valence-electron chi connectivity index (χ0n) is 18.0. The Labute approximate surface area is 199 Å². The first-order valence-corrected chi connectivity index (χ1v) is 9.80. The fraction of sp³-hybridized carbons (Fsp3) is 0.409. The van der Waals surface area contributed by atoms with Gasteiger partial charge in [-0.25, -0.2) is 0 Å². The Morgan fingerprint density at radius 1 is 1.06 bits per heavy atom. The molecule has 0 spiro atoms. The van der Waals surface area contributed by atoms with Crippen LogP contribution in [0, 0.1) is 6.92 Å². The number of nitrogens with zero attached hydrogens (tertiary/aromatic N) is 1. The summed E-state index contributed by atoms with van der Waals surface area (Å²) in [6, 6.07) is 12.6. The molecular weight excluding hydrogens is 519 g/mol. The number of ether oxygens (including phenoxy) is 3. The molecule has 0 heterocycles. The highest BCUT2D eigenvalue weighted by molar-refractivity contribution is 14.0. The minimum absolute atomic E-state index is 0. The summed E-state index contributed by atoms with van der Waals surface area (Å²) in [7, 11) is 1.67. The SMILES string of the molecule is CCOCCOc1cc(C)ccc1CNC(=NC)NCc1cccc(OC(F)F)c1.I. The number of rotatable bonds is 11. The zero-order chi connectivity index (χ0) is 21.8. The van der Waals surface area contributed by atoms with Crippen molar-refractivity contribution in [2.45, 2.75) is 33.5 Å². The molecule has 0 saturated carbocycles. The number of aliphatic imine (C=N–C) groups is 1. The van der Waals surface area contributed by atoms with Gasteiger partial charge in [0.1, 0.15) is 18.1 Å². The highest BCUT2D eigenvalue weighted by Gasteiger charge is 2.08. The summed E-state index contributed by atoms with van der Waals surface area (Å²) in [6.07, 6.45) is 0. The van der Waals surface area contributed by atoms with E-state index in [4.69, 9.17) is 9.47 Å². The van der Waals surface area contributed by atoms with Gasteiger partial charge in [-0.05, 0) is 43.2 Å². The van der Waals surface area contributed by atoms with E-state index in [9.17, 15) is 8.78 Å². The van der Waals surface area contributed by atoms with Gasteiger partial charge in [0.2, 0.25) is 0 Å². The van der Waals surface area contributed by atoms with Crippen molar-refractivity contribution in [3.8, 4) is 11.5 Å². The van der Waals surface area contributed by atoms with Gasteiger partial charge < -0.3 is 24.8 Å². The van der Waals surface area contributed by atoms with E-state index in [1.165, 1.54) is 6.07 Å². The maximum atomic E-state index is 12.4. The van der Waals surface area contributed by atoms with Gasteiger partial charge in [0.05, 0.1) is 6.61 Å². The molecule has 2 aromatic rings. The summed E-state index contributed by atoms with van der Waals surface area (Å²) in [5, 5.41) is 6.40. The molecule has 0 fully saturated rings. The smallest absolute Gasteiger partial charge is 0.387 e. The second-order valence-electron chi connectivity index (χ2n) is 6.46. The van der Waals surface area contributed by atoms with Crippen LogP contribution in [0.4, 0.5) is 8.78 Å². The molecule has 0 atom stereocenters. The summed E-state index contributed by atoms with van der Waals surface area (Å²) < 4.78 is 40.4. The average molecular weight is 549 g/mol. The van der Waals surface area contributed by atoms with Crippen LogP contribution in [0.3, 0.4) is 0 Å². The lowest BCUT2D eigenvalue weighted by atomic mass is 10.1. The minimum atomic E-state index is -2.85. The number of guanidine groups is 1. The highest BCUT2D eigenvalue weighted by Crippen LogP contribution is 2.20. The Morgan fingerprint density at radius 3 is 2.55 bits per heavy atom. The van der Waals surface area contributed by atoms with Gasteiger partial charge in [0.25, 0.3) is 0 Å². The fourth-order valence-electron chi connectivity index (χ4n) is 2.71. The van der Waals surface area contributed by atoms with Crippen molar-refractivity contribution in [2.24, 2.45) is 4.99 Å². The average Bonchev–Trinajstić information content (AvgIpc) is 2.72. The monoisotopic (exact) mass is 549 g/mol. The van der Waals surface area contributed by atoms with E-state index in [1.54, 1.807) is 19.2 Å². The molecule has 0 unspecified atom stereocenters. The number of hydrogen-bond acceptors (Lipinski definition) is 4. The maximum absolute atomic E-state index is 12.4. The lowest BCUT2D eigenvalue weighted by Crippen LogP contribution is -2.36. The van der Waals surface area contributed by atoms with Gasteiger partial charge >= 0.3 is 6.61 Å². The summed E-state index contributed by atoms with van der Waals surface area (Å²) in [5.74, 6) is 1.51. The third-order valence-electron chi connectivity index (χ3n) is 4.17. The quantitative estimate of drug-likeness (QED) is 0.187. The summed E-state index contributed by atoms with van der Waals surface area (Å²) in [5.41, 5.74) is 2.90. The van der Waals surface area contributed by atoms with Crippen molar-refractivity contribution >= 4 is 29.9 Å². The molecule has 0 amide bonds. The molecule has 6 nitrogen and oxygen atoms in total. The Bertz CT molecular complexity index is 822. The van der Waals surface area contributed by atoms with Gasteiger partial charge in [0.15, 0.2) is 5.96 Å². The third kappa shape index (κ3) is 10.1. The molecule has 0 radical (unpaired) electrons. The van der Waals surface area contributed by atoms with E-state index in [0.717, 1.165) is 22.4 Å². The van der Waals surface area contributed by atoms with E-state index in [0.29, 0.717) is 38.9 Å². The lowest BCUT2D eigenvalue weighted by Gasteiger charge is -2.16. The molecule has 0 aliphatic rings. The molecule has 2 rings (SSSR count). The largest absolute Gasteiger partial charge is 0.491 e. The van der Waals surface area contributed by atoms with E-state index in [1.807, 2.05) is 38.1 Å². The van der Waals surface area contributed by atoms with Crippen molar-refractivity contribution in [3.63, 3.8) is 0 Å². The lowest BCUT2D eigenvalue weighted by molar-refractivity contribution is -0.0498. The van der Waals surface area contributed by atoms with E-state index < -0.39 is 6.61 Å². The fourth-order valence-corrected chi connectivity index (χ4v) is 2.71. The summed E-state index contributed by atoms with van der Waals surface area (Å²) in [6.45, 7) is 3.71. The first-order valence-electron chi connectivity index (χ1n) is 9.80. The molecular formula is C22H30F2IN3O3. The Kier molecular flexibility index (Phi) is 12.8. The maximum Gasteiger partial charge on any atom is 0.387 e. The normalized spacial score (nSPS) is 11.1. The van der Waals surface area contributed by atoms with Crippen LogP contribution in [-0.4, -0.2) is 39.4 Å². The second-order valence-corrected chi connectivity index (χ2v) is 6.46. The highest BCUT2D eigenvalue weighted by atomic mass is 127. The van der Waals surface area contributed by atoms with Crippen LogP contribution in [0.1, 0.15) is 23.6 Å². The van der Waals surface area contributed by atoms with Gasteiger partial charge in [-0.1, -0.05) is 24.3 Å². The van der Waals surface area contributed by atoms with Crippen molar-refractivity contribution in [1.29, 1.82) is 0 Å². The van der Waals surface area contributed by atoms with E-state index in [2.05, 4.69) is 20.4 Å². The molecule has 172 valence electrons. The van der Waals surface area contributed by atoms with Crippen LogP contribution < -0.4 is 20.1 Å². The standard InChI is InChI=1S/C22H29F2N3O3.HI/c1-4-28-10-11-29-20-12-16(2)8-9-18(20)15-27-22(25-3)26-14-17-6-5-7-19(13-17)30-21(23)24;/h5-9,12-13,21H,4,10-11,14-15H2,1-3H3,(H2,25,26,27);1H. The van der Waals surface area contributed by atoms with Crippen LogP contribution in [0.2, 0.25) is 0 Å². The molecule has 2 aromatic carbocycles. The number of hydrogen-bond donors (Lipinski definition) is 2. The predicted molar refractivity (Wildman–Crippen MR) is 129 cm³/mol. The molecule has 2 N–H and O–H groups in total. The van der Waals surface area contributed by atoms with Gasteiger partial charge in [0, 0.05) is 32.3 Å². The topological polar surface area (TPSA) is 64.1 Å². The molecule has 0 saturated heterocycles. The van der Waals surface area contributed by atoms with Crippen molar-refractivity contribution < 1.29 is 23.0 Å². The summed E-state index contributed by atoms with van der Waals surface area (Å²) >= 11 is 0.